The Morgan fingerprint density at radius 2 is 1.84 bits per heavy atom. The summed E-state index contributed by atoms with van der Waals surface area (Å²) in [7, 11) is 0. The molecule has 1 aliphatic carbocycles. The number of imidazole rings is 1. The highest BCUT2D eigenvalue weighted by atomic mass is 35.5. The number of nitrogens with zero attached hydrogens (tertiary/aromatic N) is 4. The topological polar surface area (TPSA) is 50.1 Å². The molecule has 7 heteroatoms. The van der Waals surface area contributed by atoms with E-state index in [9.17, 15) is 4.79 Å². The van der Waals surface area contributed by atoms with Crippen molar-refractivity contribution >= 4 is 23.2 Å². The number of rotatable bonds is 3. The van der Waals surface area contributed by atoms with Crippen molar-refractivity contribution in [1.29, 1.82) is 0 Å². The molecule has 1 saturated carbocycles. The zero-order valence-corrected chi connectivity index (χ0v) is 19.4. The Morgan fingerprint density at radius 3 is 2.61 bits per heavy atom. The van der Waals surface area contributed by atoms with Gasteiger partial charge in [-0.2, -0.15) is 0 Å². The lowest BCUT2D eigenvalue weighted by atomic mass is 9.75. The van der Waals surface area contributed by atoms with Crippen molar-refractivity contribution in [3.63, 3.8) is 0 Å². The van der Waals surface area contributed by atoms with Crippen molar-refractivity contribution in [2.24, 2.45) is 11.8 Å². The van der Waals surface area contributed by atoms with Gasteiger partial charge >= 0.3 is 0 Å². The second-order valence-electron chi connectivity index (χ2n) is 9.78. The molecule has 0 N–H and O–H groups in total. The number of ether oxygens (including phenoxy) is 1. The number of likely N-dealkylation sites (tertiary alicyclic amines) is 1. The summed E-state index contributed by atoms with van der Waals surface area (Å²) in [5.74, 6) is 1.69. The Kier molecular flexibility index (Phi) is 5.97. The first-order valence-corrected chi connectivity index (χ1v) is 12.2. The number of fused-ring (bicyclic) bond motifs is 2. The minimum Gasteiger partial charge on any atom is -0.372 e. The Morgan fingerprint density at radius 1 is 1.10 bits per heavy atom. The van der Waals surface area contributed by atoms with Crippen LogP contribution < -0.4 is 0 Å². The van der Waals surface area contributed by atoms with Crippen LogP contribution in [0.1, 0.15) is 62.1 Å². The van der Waals surface area contributed by atoms with E-state index >= 15 is 0 Å². The van der Waals surface area contributed by atoms with Gasteiger partial charge in [0.05, 0.1) is 22.9 Å². The zero-order chi connectivity index (χ0) is 21.5. The maximum absolute atomic E-state index is 13.6. The molecule has 0 unspecified atom stereocenters. The van der Waals surface area contributed by atoms with Gasteiger partial charge in [-0.25, -0.2) is 4.98 Å². The Balaban J connectivity index is 1.44. The van der Waals surface area contributed by atoms with E-state index in [0.717, 1.165) is 42.8 Å². The zero-order valence-electron chi connectivity index (χ0n) is 18.6. The van der Waals surface area contributed by atoms with Crippen LogP contribution in [-0.2, 0) is 11.3 Å². The maximum Gasteiger partial charge on any atom is 0.274 e. The molecule has 0 aromatic carbocycles. The normalized spacial score (nSPS) is 29.8. The van der Waals surface area contributed by atoms with Crippen LogP contribution in [0.2, 0.25) is 5.02 Å². The van der Waals surface area contributed by atoms with E-state index in [0.29, 0.717) is 23.8 Å². The van der Waals surface area contributed by atoms with E-state index in [2.05, 4.69) is 4.90 Å². The molecule has 2 aliphatic heterocycles. The standard InChI is InChI=1S/C24H33ClN4O2/c1-16-11-28(12-17(2)31-16)24(30)23-21(29-14-20(25)7-8-22(29)26-23)15-27-10-9-18-5-3-4-6-19(18)13-27/h7-8,14,16-19H,3-6,9-13,15H2,1-2H3/t16-,17+,18-,19-/m0/s1. The first-order valence-electron chi connectivity index (χ1n) is 11.8. The van der Waals surface area contributed by atoms with E-state index in [-0.39, 0.29) is 18.1 Å². The number of piperidine rings is 1. The summed E-state index contributed by atoms with van der Waals surface area (Å²) in [5.41, 5.74) is 2.31. The first-order chi connectivity index (χ1) is 15.0. The van der Waals surface area contributed by atoms with Crippen LogP contribution in [0, 0.1) is 11.8 Å². The van der Waals surface area contributed by atoms with Gasteiger partial charge < -0.3 is 14.0 Å². The van der Waals surface area contributed by atoms with Crippen LogP contribution in [0.25, 0.3) is 5.65 Å². The smallest absolute Gasteiger partial charge is 0.274 e. The lowest BCUT2D eigenvalue weighted by Gasteiger charge is -2.41. The summed E-state index contributed by atoms with van der Waals surface area (Å²) in [6.45, 7) is 8.20. The molecular formula is C24H33ClN4O2. The van der Waals surface area contributed by atoms with Gasteiger partial charge in [-0.15, -0.1) is 0 Å². The molecule has 0 spiro atoms. The second kappa shape index (κ2) is 8.72. The summed E-state index contributed by atoms with van der Waals surface area (Å²) in [6, 6.07) is 3.74. The van der Waals surface area contributed by atoms with Gasteiger partial charge in [0.1, 0.15) is 5.65 Å². The number of morpholine rings is 1. The molecule has 2 aromatic rings. The van der Waals surface area contributed by atoms with Crippen molar-refractivity contribution in [2.45, 2.75) is 64.7 Å². The summed E-state index contributed by atoms with van der Waals surface area (Å²) in [6.07, 6.45) is 8.72. The number of pyridine rings is 1. The van der Waals surface area contributed by atoms with E-state index in [4.69, 9.17) is 21.3 Å². The molecule has 6 nitrogen and oxygen atoms in total. The largest absolute Gasteiger partial charge is 0.372 e. The maximum atomic E-state index is 13.6. The summed E-state index contributed by atoms with van der Waals surface area (Å²) >= 11 is 6.33. The molecule has 31 heavy (non-hydrogen) atoms. The van der Waals surface area contributed by atoms with Crippen LogP contribution >= 0.6 is 11.6 Å². The van der Waals surface area contributed by atoms with Crippen molar-refractivity contribution in [3.8, 4) is 0 Å². The van der Waals surface area contributed by atoms with E-state index in [1.807, 2.05) is 41.5 Å². The minimum absolute atomic E-state index is 0.00405. The lowest BCUT2D eigenvalue weighted by Crippen LogP contribution is -2.48. The van der Waals surface area contributed by atoms with Crippen LogP contribution in [-0.4, -0.2) is 63.5 Å². The summed E-state index contributed by atoms with van der Waals surface area (Å²) in [4.78, 5) is 22.8. The Labute approximate surface area is 189 Å². The van der Waals surface area contributed by atoms with Crippen LogP contribution in [0.5, 0.6) is 0 Å². The predicted octanol–water partition coefficient (Wildman–Crippen LogP) is 4.25. The number of amides is 1. The highest BCUT2D eigenvalue weighted by Crippen LogP contribution is 2.36. The predicted molar refractivity (Wildman–Crippen MR) is 121 cm³/mol. The highest BCUT2D eigenvalue weighted by molar-refractivity contribution is 6.30. The van der Waals surface area contributed by atoms with Crippen molar-refractivity contribution in [1.82, 2.24) is 19.2 Å². The number of carbonyl (C=O) groups is 1. The SMILES string of the molecule is C[C@@H]1CN(C(=O)c2nc3ccc(Cl)cn3c2CN2CC[C@@H]3CCCC[C@H]3C2)C[C@H](C)O1. The van der Waals surface area contributed by atoms with E-state index < -0.39 is 0 Å². The van der Waals surface area contributed by atoms with Gasteiger partial charge in [-0.05, 0) is 57.2 Å². The van der Waals surface area contributed by atoms with Gasteiger partial charge in [0, 0.05) is 32.4 Å². The number of hydrogen-bond donors (Lipinski definition) is 0. The van der Waals surface area contributed by atoms with Gasteiger partial charge in [0.25, 0.3) is 5.91 Å². The molecule has 2 aromatic heterocycles. The average Bonchev–Trinajstić information content (AvgIpc) is 3.10. The fourth-order valence-corrected chi connectivity index (χ4v) is 6.08. The fourth-order valence-electron chi connectivity index (χ4n) is 5.91. The van der Waals surface area contributed by atoms with Gasteiger partial charge in [-0.1, -0.05) is 30.9 Å². The molecule has 0 bridgehead atoms. The third-order valence-electron chi connectivity index (χ3n) is 7.34. The number of aromatic nitrogens is 2. The van der Waals surface area contributed by atoms with Crippen molar-refractivity contribution in [3.05, 3.63) is 34.7 Å². The van der Waals surface area contributed by atoms with Gasteiger partial charge in [-0.3, -0.25) is 9.69 Å². The Hall–Kier alpha value is -1.63. The first kappa shape index (κ1) is 21.2. The molecular weight excluding hydrogens is 412 g/mol. The van der Waals surface area contributed by atoms with Crippen molar-refractivity contribution < 1.29 is 9.53 Å². The highest BCUT2D eigenvalue weighted by Gasteiger charge is 2.34. The minimum atomic E-state index is 0.00405. The summed E-state index contributed by atoms with van der Waals surface area (Å²) < 4.78 is 7.86. The Bertz CT molecular complexity index is 950. The second-order valence-corrected chi connectivity index (χ2v) is 10.2. The monoisotopic (exact) mass is 444 g/mol. The van der Waals surface area contributed by atoms with Gasteiger partial charge in [0.2, 0.25) is 0 Å². The van der Waals surface area contributed by atoms with Crippen LogP contribution in [0.15, 0.2) is 18.3 Å². The molecule has 1 amide bonds. The lowest BCUT2D eigenvalue weighted by molar-refractivity contribution is -0.0587. The number of hydrogen-bond acceptors (Lipinski definition) is 4. The van der Waals surface area contributed by atoms with Crippen molar-refractivity contribution in [2.75, 3.05) is 26.2 Å². The average molecular weight is 445 g/mol. The third-order valence-corrected chi connectivity index (χ3v) is 7.56. The number of carbonyl (C=O) groups excluding carboxylic acids is 1. The van der Waals surface area contributed by atoms with E-state index in [1.54, 1.807) is 0 Å². The molecule has 0 radical (unpaired) electrons. The third kappa shape index (κ3) is 4.35. The molecule has 4 heterocycles. The number of halogens is 1. The van der Waals surface area contributed by atoms with Crippen LogP contribution in [0.4, 0.5) is 0 Å². The quantitative estimate of drug-likeness (QED) is 0.710. The molecule has 3 aliphatic rings. The molecule has 5 rings (SSSR count). The summed E-state index contributed by atoms with van der Waals surface area (Å²) in [5, 5.41) is 0.657. The fraction of sp³-hybridized carbons (Fsp3) is 0.667. The molecule has 3 fully saturated rings. The van der Waals surface area contributed by atoms with Gasteiger partial charge in [0.15, 0.2) is 5.69 Å². The molecule has 2 saturated heterocycles. The molecule has 168 valence electrons. The van der Waals surface area contributed by atoms with Crippen LogP contribution in [0.3, 0.4) is 0 Å². The molecule has 4 atom stereocenters. The van der Waals surface area contributed by atoms with E-state index in [1.165, 1.54) is 32.1 Å².